The summed E-state index contributed by atoms with van der Waals surface area (Å²) in [6.07, 6.45) is -1.31. The van der Waals surface area contributed by atoms with Crippen LogP contribution in [-0.4, -0.2) is 6.61 Å². The van der Waals surface area contributed by atoms with Gasteiger partial charge in [0.2, 0.25) is 0 Å². The first-order chi connectivity index (χ1) is 12.9. The SMILES string of the molecule is C=CCOc1ccc2cc(OC(F)(F)c3ccc(CC)cc3)c(F)cc2c1. The summed E-state index contributed by atoms with van der Waals surface area (Å²) in [6, 6.07) is 13.2. The monoisotopic (exact) mass is 372 g/mol. The van der Waals surface area contributed by atoms with E-state index >= 15 is 0 Å². The minimum absolute atomic E-state index is 0.318. The molecule has 3 aromatic rings. The fourth-order valence-corrected chi connectivity index (χ4v) is 2.68. The van der Waals surface area contributed by atoms with Gasteiger partial charge in [0, 0.05) is 0 Å². The molecule has 3 rings (SSSR count). The van der Waals surface area contributed by atoms with Crippen LogP contribution in [0.15, 0.2) is 67.3 Å². The van der Waals surface area contributed by atoms with Crippen LogP contribution >= 0.6 is 0 Å². The molecule has 0 aliphatic heterocycles. The van der Waals surface area contributed by atoms with Crippen molar-refractivity contribution in [1.29, 1.82) is 0 Å². The van der Waals surface area contributed by atoms with Crippen molar-refractivity contribution in [2.45, 2.75) is 19.5 Å². The Morgan fingerprint density at radius 2 is 1.74 bits per heavy atom. The minimum atomic E-state index is -3.65. The van der Waals surface area contributed by atoms with Crippen molar-refractivity contribution >= 4 is 10.8 Å². The molecule has 0 fully saturated rings. The molecule has 5 heteroatoms. The number of hydrogen-bond donors (Lipinski definition) is 0. The lowest BCUT2D eigenvalue weighted by atomic mass is 10.1. The molecule has 0 unspecified atom stereocenters. The van der Waals surface area contributed by atoms with Gasteiger partial charge in [0.05, 0.1) is 5.56 Å². The Bertz CT molecular complexity index is 950. The fourth-order valence-electron chi connectivity index (χ4n) is 2.68. The van der Waals surface area contributed by atoms with Crippen LogP contribution in [0, 0.1) is 5.82 Å². The Labute approximate surface area is 155 Å². The molecule has 0 heterocycles. The van der Waals surface area contributed by atoms with E-state index in [2.05, 4.69) is 6.58 Å². The number of alkyl halides is 2. The summed E-state index contributed by atoms with van der Waals surface area (Å²) >= 11 is 0. The van der Waals surface area contributed by atoms with E-state index in [-0.39, 0.29) is 5.56 Å². The average Bonchev–Trinajstić information content (AvgIpc) is 2.66. The normalized spacial score (nSPS) is 11.4. The van der Waals surface area contributed by atoms with Crippen LogP contribution in [0.5, 0.6) is 11.5 Å². The smallest absolute Gasteiger partial charge is 0.426 e. The van der Waals surface area contributed by atoms with E-state index in [9.17, 15) is 13.2 Å². The molecule has 0 aliphatic rings. The van der Waals surface area contributed by atoms with Gasteiger partial charge in [0.1, 0.15) is 12.4 Å². The lowest BCUT2D eigenvalue weighted by Crippen LogP contribution is -2.22. The molecule has 2 nitrogen and oxygen atoms in total. The maximum Gasteiger partial charge on any atom is 0.426 e. The summed E-state index contributed by atoms with van der Waals surface area (Å²) in [5, 5.41) is 1.09. The predicted molar refractivity (Wildman–Crippen MR) is 99.9 cm³/mol. The minimum Gasteiger partial charge on any atom is -0.490 e. The first kappa shape index (κ1) is 18.8. The quantitative estimate of drug-likeness (QED) is 0.458. The predicted octanol–water partition coefficient (Wildman–Crippen LogP) is 6.23. The van der Waals surface area contributed by atoms with Gasteiger partial charge in [-0.15, -0.1) is 0 Å². The summed E-state index contributed by atoms with van der Waals surface area (Å²) in [5.41, 5.74) is 0.605. The van der Waals surface area contributed by atoms with Crippen molar-refractivity contribution < 1.29 is 22.6 Å². The number of fused-ring (bicyclic) bond motifs is 1. The van der Waals surface area contributed by atoms with Crippen molar-refractivity contribution in [3.8, 4) is 11.5 Å². The molecule has 0 bridgehead atoms. The van der Waals surface area contributed by atoms with E-state index in [1.807, 2.05) is 6.92 Å². The van der Waals surface area contributed by atoms with Gasteiger partial charge in [-0.2, -0.15) is 8.78 Å². The Kier molecular flexibility index (Phi) is 5.40. The van der Waals surface area contributed by atoms with Crippen LogP contribution in [0.1, 0.15) is 18.1 Å². The van der Waals surface area contributed by atoms with Crippen LogP contribution in [-0.2, 0) is 12.5 Å². The van der Waals surface area contributed by atoms with Crippen molar-refractivity contribution in [3.63, 3.8) is 0 Å². The number of aryl methyl sites for hydroxylation is 1. The maximum absolute atomic E-state index is 14.4. The molecule has 0 saturated carbocycles. The van der Waals surface area contributed by atoms with Gasteiger partial charge >= 0.3 is 6.11 Å². The molecule has 27 heavy (non-hydrogen) atoms. The first-order valence-corrected chi connectivity index (χ1v) is 8.56. The maximum atomic E-state index is 14.4. The van der Waals surface area contributed by atoms with Crippen molar-refractivity contribution in [2.24, 2.45) is 0 Å². The van der Waals surface area contributed by atoms with E-state index in [0.29, 0.717) is 23.1 Å². The number of halogens is 3. The average molecular weight is 372 g/mol. The molecule has 0 amide bonds. The second-order valence-corrected chi connectivity index (χ2v) is 6.06. The fraction of sp³-hybridized carbons (Fsp3) is 0.182. The topological polar surface area (TPSA) is 18.5 Å². The molecule has 3 aromatic carbocycles. The molecule has 0 saturated heterocycles. The largest absolute Gasteiger partial charge is 0.490 e. The zero-order chi connectivity index (χ0) is 19.4. The lowest BCUT2D eigenvalue weighted by molar-refractivity contribution is -0.186. The highest BCUT2D eigenvalue weighted by Crippen LogP contribution is 2.35. The van der Waals surface area contributed by atoms with E-state index < -0.39 is 17.7 Å². The molecule has 0 aliphatic carbocycles. The van der Waals surface area contributed by atoms with Gasteiger partial charge in [0.15, 0.2) is 11.6 Å². The molecule has 0 atom stereocenters. The molecule has 140 valence electrons. The molecular formula is C22H19F3O2. The summed E-state index contributed by atoms with van der Waals surface area (Å²) in [6.45, 7) is 5.81. The van der Waals surface area contributed by atoms with Crippen LogP contribution in [0.2, 0.25) is 0 Å². The highest BCUT2D eigenvalue weighted by atomic mass is 19.3. The molecule has 0 aromatic heterocycles. The lowest BCUT2D eigenvalue weighted by Gasteiger charge is -2.19. The second-order valence-electron chi connectivity index (χ2n) is 6.06. The standard InChI is InChI=1S/C22H19F3O2/c1-3-11-26-19-10-7-16-14-21(20(23)13-17(16)12-19)27-22(24,25)18-8-5-15(4-2)6-9-18/h3,5-10,12-14H,1,4,11H2,2H3. The van der Waals surface area contributed by atoms with Crippen molar-refractivity contribution in [1.82, 2.24) is 0 Å². The van der Waals surface area contributed by atoms with Crippen molar-refractivity contribution in [2.75, 3.05) is 6.61 Å². The van der Waals surface area contributed by atoms with Gasteiger partial charge in [-0.1, -0.05) is 37.8 Å². The number of benzene rings is 3. The third-order valence-corrected chi connectivity index (χ3v) is 4.17. The van der Waals surface area contributed by atoms with E-state index in [4.69, 9.17) is 9.47 Å². The van der Waals surface area contributed by atoms with E-state index in [1.54, 1.807) is 36.4 Å². The zero-order valence-electron chi connectivity index (χ0n) is 14.8. The first-order valence-electron chi connectivity index (χ1n) is 8.56. The zero-order valence-corrected chi connectivity index (χ0v) is 14.8. The summed E-state index contributed by atoms with van der Waals surface area (Å²) < 4.78 is 53.4. The highest BCUT2D eigenvalue weighted by Gasteiger charge is 2.35. The summed E-state index contributed by atoms with van der Waals surface area (Å²) in [5.74, 6) is -0.836. The summed E-state index contributed by atoms with van der Waals surface area (Å²) in [7, 11) is 0. The van der Waals surface area contributed by atoms with Gasteiger partial charge in [0.25, 0.3) is 0 Å². The summed E-state index contributed by atoms with van der Waals surface area (Å²) in [4.78, 5) is 0. The van der Waals surface area contributed by atoms with Gasteiger partial charge < -0.3 is 9.47 Å². The molecule has 0 N–H and O–H groups in total. The van der Waals surface area contributed by atoms with Gasteiger partial charge in [-0.05, 0) is 59.2 Å². The van der Waals surface area contributed by atoms with E-state index in [1.165, 1.54) is 18.2 Å². The highest BCUT2D eigenvalue weighted by molar-refractivity contribution is 5.85. The third kappa shape index (κ3) is 4.25. The van der Waals surface area contributed by atoms with Crippen molar-refractivity contribution in [3.05, 3.63) is 84.2 Å². The number of ether oxygens (including phenoxy) is 2. The van der Waals surface area contributed by atoms with Gasteiger partial charge in [-0.3, -0.25) is 0 Å². The number of rotatable bonds is 7. The van der Waals surface area contributed by atoms with Crippen LogP contribution in [0.4, 0.5) is 13.2 Å². The second kappa shape index (κ2) is 7.74. The molecule has 0 radical (unpaired) electrons. The molecular weight excluding hydrogens is 353 g/mol. The third-order valence-electron chi connectivity index (χ3n) is 4.17. The Morgan fingerprint density at radius 1 is 1.00 bits per heavy atom. The van der Waals surface area contributed by atoms with Crippen LogP contribution in [0.3, 0.4) is 0 Å². The molecule has 0 spiro atoms. The van der Waals surface area contributed by atoms with Crippen LogP contribution < -0.4 is 9.47 Å². The van der Waals surface area contributed by atoms with Crippen LogP contribution in [0.25, 0.3) is 10.8 Å². The van der Waals surface area contributed by atoms with Gasteiger partial charge in [-0.25, -0.2) is 4.39 Å². The number of hydrogen-bond acceptors (Lipinski definition) is 2. The Morgan fingerprint density at radius 3 is 2.41 bits per heavy atom. The Balaban J connectivity index is 1.88. The van der Waals surface area contributed by atoms with E-state index in [0.717, 1.165) is 18.1 Å². The Hall–Kier alpha value is -2.95.